The topological polar surface area (TPSA) is 44.5 Å². The zero-order chi connectivity index (χ0) is 9.68. The maximum atomic E-state index is 5.85. The van der Waals surface area contributed by atoms with Crippen LogP contribution in [0.5, 0.6) is 5.75 Å². The Kier molecular flexibility index (Phi) is 3.86. The third-order valence-electron chi connectivity index (χ3n) is 1.49. The Balaban J connectivity index is 2.64. The van der Waals surface area contributed by atoms with Gasteiger partial charge in [0.2, 0.25) is 0 Å². The van der Waals surface area contributed by atoms with Gasteiger partial charge in [-0.15, -0.1) is 0 Å². The van der Waals surface area contributed by atoms with Crippen LogP contribution in [0.2, 0.25) is 5.02 Å². The van der Waals surface area contributed by atoms with Gasteiger partial charge in [-0.2, -0.15) is 0 Å². The highest BCUT2D eigenvalue weighted by molar-refractivity contribution is 6.32. The Bertz CT molecular complexity index is 258. The van der Waals surface area contributed by atoms with Crippen molar-refractivity contribution in [2.24, 2.45) is 0 Å². The smallest absolute Gasteiger partial charge is 0.189 e. The van der Waals surface area contributed by atoms with Gasteiger partial charge in [0, 0.05) is 6.61 Å². The van der Waals surface area contributed by atoms with E-state index >= 15 is 0 Å². The molecule has 1 rings (SSSR count). The fourth-order valence-corrected chi connectivity index (χ4v) is 1.10. The molecular weight excluding hydrogens is 190 g/mol. The summed E-state index contributed by atoms with van der Waals surface area (Å²) >= 11 is 5.85. The molecule has 0 fully saturated rings. The summed E-state index contributed by atoms with van der Waals surface area (Å²) in [6, 6.07) is 5.22. The van der Waals surface area contributed by atoms with Crippen molar-refractivity contribution in [3.8, 4) is 5.75 Å². The summed E-state index contributed by atoms with van der Waals surface area (Å²) in [4.78, 5) is 0. The molecule has 0 atom stereocenters. The highest BCUT2D eigenvalue weighted by Gasteiger charge is 2.04. The lowest BCUT2D eigenvalue weighted by atomic mass is 10.3. The standard InChI is InChI=1S/C9H12ClNO2/c1-2-12-6-13-9-7(10)4-3-5-8(9)11/h3-5H,2,6,11H2,1H3. The van der Waals surface area contributed by atoms with E-state index in [-0.39, 0.29) is 6.79 Å². The number of nitrogens with two attached hydrogens (primary N) is 1. The molecule has 0 aliphatic rings. The van der Waals surface area contributed by atoms with Crippen molar-refractivity contribution in [1.82, 2.24) is 0 Å². The molecule has 0 radical (unpaired) electrons. The zero-order valence-electron chi connectivity index (χ0n) is 7.42. The molecule has 1 aromatic rings. The lowest BCUT2D eigenvalue weighted by molar-refractivity contribution is 0.0229. The molecule has 0 saturated heterocycles. The Morgan fingerprint density at radius 1 is 1.46 bits per heavy atom. The minimum Gasteiger partial charge on any atom is -0.464 e. The summed E-state index contributed by atoms with van der Waals surface area (Å²) in [6.45, 7) is 2.66. The van der Waals surface area contributed by atoms with Crippen molar-refractivity contribution in [1.29, 1.82) is 0 Å². The van der Waals surface area contributed by atoms with Crippen LogP contribution in [0.25, 0.3) is 0 Å². The predicted molar refractivity (Wildman–Crippen MR) is 53.0 cm³/mol. The number of para-hydroxylation sites is 1. The molecular formula is C9H12ClNO2. The second-order valence-electron chi connectivity index (χ2n) is 2.41. The lowest BCUT2D eigenvalue weighted by Crippen LogP contribution is -2.04. The fraction of sp³-hybridized carbons (Fsp3) is 0.333. The second kappa shape index (κ2) is 4.94. The van der Waals surface area contributed by atoms with Crippen LogP contribution in [-0.4, -0.2) is 13.4 Å². The number of halogens is 1. The summed E-state index contributed by atoms with van der Waals surface area (Å²) in [5.74, 6) is 0.484. The summed E-state index contributed by atoms with van der Waals surface area (Å²) < 4.78 is 10.2. The Morgan fingerprint density at radius 3 is 2.85 bits per heavy atom. The van der Waals surface area contributed by atoms with Gasteiger partial charge in [0.25, 0.3) is 0 Å². The fourth-order valence-electron chi connectivity index (χ4n) is 0.862. The molecule has 0 amide bonds. The third-order valence-corrected chi connectivity index (χ3v) is 1.79. The van der Waals surface area contributed by atoms with E-state index in [0.717, 1.165) is 0 Å². The first-order valence-electron chi connectivity index (χ1n) is 4.00. The van der Waals surface area contributed by atoms with Crippen LogP contribution < -0.4 is 10.5 Å². The van der Waals surface area contributed by atoms with Crippen LogP contribution in [0.15, 0.2) is 18.2 Å². The van der Waals surface area contributed by atoms with Crippen molar-refractivity contribution < 1.29 is 9.47 Å². The van der Waals surface area contributed by atoms with Gasteiger partial charge in [-0.05, 0) is 19.1 Å². The van der Waals surface area contributed by atoms with E-state index in [1.54, 1.807) is 18.2 Å². The Labute approximate surface area is 82.4 Å². The molecule has 4 heteroatoms. The van der Waals surface area contributed by atoms with Crippen molar-refractivity contribution in [3.63, 3.8) is 0 Å². The SMILES string of the molecule is CCOCOc1c(N)cccc1Cl. The summed E-state index contributed by atoms with van der Waals surface area (Å²) in [7, 11) is 0. The average molecular weight is 202 g/mol. The summed E-state index contributed by atoms with van der Waals surface area (Å²) in [5, 5.41) is 0.500. The molecule has 2 N–H and O–H groups in total. The van der Waals surface area contributed by atoms with Crippen LogP contribution in [0.3, 0.4) is 0 Å². The number of benzene rings is 1. The number of hydrogen-bond acceptors (Lipinski definition) is 3. The van der Waals surface area contributed by atoms with Gasteiger partial charge in [0.05, 0.1) is 10.7 Å². The van der Waals surface area contributed by atoms with E-state index in [2.05, 4.69) is 0 Å². The minimum atomic E-state index is 0.171. The van der Waals surface area contributed by atoms with E-state index in [9.17, 15) is 0 Å². The molecule has 0 saturated carbocycles. The Morgan fingerprint density at radius 2 is 2.23 bits per heavy atom. The van der Waals surface area contributed by atoms with Crippen molar-refractivity contribution in [2.45, 2.75) is 6.92 Å². The zero-order valence-corrected chi connectivity index (χ0v) is 8.17. The maximum Gasteiger partial charge on any atom is 0.189 e. The number of nitrogen functional groups attached to an aromatic ring is 1. The quantitative estimate of drug-likeness (QED) is 0.462. The highest BCUT2D eigenvalue weighted by Crippen LogP contribution is 2.30. The van der Waals surface area contributed by atoms with Gasteiger partial charge < -0.3 is 15.2 Å². The lowest BCUT2D eigenvalue weighted by Gasteiger charge is -2.09. The van der Waals surface area contributed by atoms with Gasteiger partial charge in [0.15, 0.2) is 12.5 Å². The molecule has 0 aliphatic carbocycles. The third kappa shape index (κ3) is 2.79. The van der Waals surface area contributed by atoms with Crippen LogP contribution in [0.1, 0.15) is 6.92 Å². The molecule has 1 aromatic carbocycles. The summed E-state index contributed by atoms with van der Waals surface area (Å²) in [5.41, 5.74) is 6.16. The molecule has 0 heterocycles. The van der Waals surface area contributed by atoms with E-state index < -0.39 is 0 Å². The predicted octanol–water partition coefficient (Wildman–Crippen LogP) is 2.30. The van der Waals surface area contributed by atoms with Gasteiger partial charge in [-0.3, -0.25) is 0 Å². The first kappa shape index (κ1) is 10.2. The van der Waals surface area contributed by atoms with Crippen molar-refractivity contribution in [3.05, 3.63) is 23.2 Å². The van der Waals surface area contributed by atoms with Crippen LogP contribution >= 0.6 is 11.6 Å². The van der Waals surface area contributed by atoms with E-state index in [4.69, 9.17) is 26.8 Å². The van der Waals surface area contributed by atoms with Gasteiger partial charge in [0.1, 0.15) is 0 Å². The highest BCUT2D eigenvalue weighted by atomic mass is 35.5. The van der Waals surface area contributed by atoms with Crippen LogP contribution in [0, 0.1) is 0 Å². The molecule has 0 aliphatic heterocycles. The number of rotatable bonds is 4. The molecule has 72 valence electrons. The molecule has 0 spiro atoms. The molecule has 3 nitrogen and oxygen atoms in total. The average Bonchev–Trinajstić information content (AvgIpc) is 2.10. The van der Waals surface area contributed by atoms with Crippen LogP contribution in [-0.2, 0) is 4.74 Å². The van der Waals surface area contributed by atoms with Crippen LogP contribution in [0.4, 0.5) is 5.69 Å². The number of ether oxygens (including phenoxy) is 2. The maximum absolute atomic E-state index is 5.85. The number of hydrogen-bond donors (Lipinski definition) is 1. The van der Waals surface area contributed by atoms with Crippen molar-refractivity contribution >= 4 is 17.3 Å². The summed E-state index contributed by atoms with van der Waals surface area (Å²) in [6.07, 6.45) is 0. The van der Waals surface area contributed by atoms with E-state index in [0.29, 0.717) is 23.1 Å². The number of anilines is 1. The first-order chi connectivity index (χ1) is 6.25. The van der Waals surface area contributed by atoms with Crippen molar-refractivity contribution in [2.75, 3.05) is 19.1 Å². The molecule has 0 aromatic heterocycles. The Hall–Kier alpha value is -0.930. The normalized spacial score (nSPS) is 10.0. The first-order valence-corrected chi connectivity index (χ1v) is 4.38. The minimum absolute atomic E-state index is 0.171. The second-order valence-corrected chi connectivity index (χ2v) is 2.82. The van der Waals surface area contributed by atoms with Gasteiger partial charge >= 0.3 is 0 Å². The largest absolute Gasteiger partial charge is 0.464 e. The van der Waals surface area contributed by atoms with Gasteiger partial charge in [-0.25, -0.2) is 0 Å². The van der Waals surface area contributed by atoms with E-state index in [1.807, 2.05) is 6.92 Å². The molecule has 0 unspecified atom stereocenters. The molecule has 13 heavy (non-hydrogen) atoms. The molecule has 0 bridgehead atoms. The van der Waals surface area contributed by atoms with E-state index in [1.165, 1.54) is 0 Å². The monoisotopic (exact) mass is 201 g/mol. The van der Waals surface area contributed by atoms with Gasteiger partial charge in [-0.1, -0.05) is 17.7 Å².